The molecule has 0 spiro atoms. The zero-order valence-electron chi connectivity index (χ0n) is 11.7. The van der Waals surface area contributed by atoms with Crippen molar-refractivity contribution in [2.75, 3.05) is 18.4 Å². The van der Waals surface area contributed by atoms with Crippen molar-refractivity contribution in [3.63, 3.8) is 0 Å². The van der Waals surface area contributed by atoms with Crippen LogP contribution in [0.25, 0.3) is 0 Å². The molecule has 3 N–H and O–H groups in total. The van der Waals surface area contributed by atoms with Crippen LogP contribution >= 0.6 is 15.9 Å². The van der Waals surface area contributed by atoms with Crippen LogP contribution in [-0.2, 0) is 4.79 Å². The maximum absolute atomic E-state index is 11.9. The molecular formula is C15H19BrN2O3. The molecule has 1 atom stereocenters. The van der Waals surface area contributed by atoms with E-state index in [2.05, 4.69) is 26.6 Å². The Morgan fingerprint density at radius 1 is 1.43 bits per heavy atom. The summed E-state index contributed by atoms with van der Waals surface area (Å²) in [5, 5.41) is 15.1. The Morgan fingerprint density at radius 2 is 2.24 bits per heavy atom. The van der Waals surface area contributed by atoms with Crippen molar-refractivity contribution in [3.8, 4) is 0 Å². The van der Waals surface area contributed by atoms with Gasteiger partial charge in [0.15, 0.2) is 0 Å². The van der Waals surface area contributed by atoms with Gasteiger partial charge in [-0.25, -0.2) is 4.79 Å². The summed E-state index contributed by atoms with van der Waals surface area (Å²) >= 11 is 3.18. The lowest BCUT2D eigenvalue weighted by Crippen LogP contribution is -2.30. The third-order valence-electron chi connectivity index (χ3n) is 3.66. The lowest BCUT2D eigenvalue weighted by Gasteiger charge is -2.22. The minimum Gasteiger partial charge on any atom is -0.478 e. The molecule has 0 aliphatic carbocycles. The van der Waals surface area contributed by atoms with E-state index < -0.39 is 5.97 Å². The van der Waals surface area contributed by atoms with Crippen molar-refractivity contribution in [3.05, 3.63) is 28.2 Å². The first-order chi connectivity index (χ1) is 10.1. The van der Waals surface area contributed by atoms with Crippen molar-refractivity contribution in [2.24, 2.45) is 5.92 Å². The van der Waals surface area contributed by atoms with Crippen LogP contribution in [0.1, 0.15) is 36.0 Å². The molecule has 1 aliphatic heterocycles. The van der Waals surface area contributed by atoms with Crippen LogP contribution in [-0.4, -0.2) is 30.1 Å². The number of carboxylic acids is 1. The standard InChI is InChI=1S/C15H19BrN2O3/c16-13-5-4-11(8-12(13)15(20)21)18-14(19)6-3-10-2-1-7-17-9-10/h4-5,8,10,17H,1-3,6-7,9H2,(H,18,19)(H,20,21). The van der Waals surface area contributed by atoms with Gasteiger partial charge in [0.1, 0.15) is 0 Å². The van der Waals surface area contributed by atoms with Gasteiger partial charge in [0.25, 0.3) is 0 Å². The summed E-state index contributed by atoms with van der Waals surface area (Å²) in [5.74, 6) is -0.533. The third-order valence-corrected chi connectivity index (χ3v) is 4.35. The number of hydrogen-bond donors (Lipinski definition) is 3. The Bertz CT molecular complexity index is 528. The summed E-state index contributed by atoms with van der Waals surface area (Å²) in [4.78, 5) is 23.0. The number of carbonyl (C=O) groups is 2. The molecule has 1 aliphatic rings. The highest BCUT2D eigenvalue weighted by Gasteiger charge is 2.15. The van der Waals surface area contributed by atoms with E-state index >= 15 is 0 Å². The first-order valence-corrected chi connectivity index (χ1v) is 7.89. The van der Waals surface area contributed by atoms with E-state index in [0.29, 0.717) is 22.5 Å². The molecule has 21 heavy (non-hydrogen) atoms. The van der Waals surface area contributed by atoms with Crippen molar-refractivity contribution in [1.82, 2.24) is 5.32 Å². The van der Waals surface area contributed by atoms with E-state index in [1.165, 1.54) is 18.9 Å². The largest absolute Gasteiger partial charge is 0.478 e. The monoisotopic (exact) mass is 354 g/mol. The number of benzene rings is 1. The molecule has 1 aromatic carbocycles. The topological polar surface area (TPSA) is 78.4 Å². The van der Waals surface area contributed by atoms with E-state index in [4.69, 9.17) is 5.11 Å². The maximum Gasteiger partial charge on any atom is 0.336 e. The molecule has 5 nitrogen and oxygen atoms in total. The predicted octanol–water partition coefficient (Wildman–Crippen LogP) is 2.87. The minimum absolute atomic E-state index is 0.0702. The van der Waals surface area contributed by atoms with E-state index in [0.717, 1.165) is 19.5 Å². The number of halogens is 1. The number of piperidine rings is 1. The molecule has 1 fully saturated rings. The van der Waals surface area contributed by atoms with Gasteiger partial charge in [-0.05, 0) is 72.4 Å². The summed E-state index contributed by atoms with van der Waals surface area (Å²) in [6.45, 7) is 2.05. The second-order valence-corrected chi connectivity index (χ2v) is 6.15. The van der Waals surface area contributed by atoms with Gasteiger partial charge in [-0.1, -0.05) is 0 Å². The van der Waals surface area contributed by atoms with Gasteiger partial charge in [-0.15, -0.1) is 0 Å². The lowest BCUT2D eigenvalue weighted by atomic mass is 9.94. The number of carbonyl (C=O) groups excluding carboxylic acids is 1. The highest BCUT2D eigenvalue weighted by atomic mass is 79.9. The van der Waals surface area contributed by atoms with Crippen LogP contribution in [0.15, 0.2) is 22.7 Å². The Balaban J connectivity index is 1.87. The smallest absolute Gasteiger partial charge is 0.336 e. The van der Waals surface area contributed by atoms with Crippen molar-refractivity contribution in [1.29, 1.82) is 0 Å². The van der Waals surface area contributed by atoms with Gasteiger partial charge < -0.3 is 15.7 Å². The van der Waals surface area contributed by atoms with E-state index in [1.807, 2.05) is 0 Å². The predicted molar refractivity (Wildman–Crippen MR) is 84.6 cm³/mol. The second kappa shape index (κ2) is 7.56. The number of rotatable bonds is 5. The molecule has 1 heterocycles. The van der Waals surface area contributed by atoms with Crippen molar-refractivity contribution in [2.45, 2.75) is 25.7 Å². The molecule has 114 valence electrons. The quantitative estimate of drug-likeness (QED) is 0.759. The SMILES string of the molecule is O=C(CCC1CCCNC1)Nc1ccc(Br)c(C(=O)O)c1. The van der Waals surface area contributed by atoms with Crippen LogP contribution in [0.4, 0.5) is 5.69 Å². The first-order valence-electron chi connectivity index (χ1n) is 7.09. The average molecular weight is 355 g/mol. The zero-order chi connectivity index (χ0) is 15.2. The summed E-state index contributed by atoms with van der Waals surface area (Å²) in [6.07, 6.45) is 3.66. The highest BCUT2D eigenvalue weighted by molar-refractivity contribution is 9.10. The molecule has 1 unspecified atom stereocenters. The van der Waals surface area contributed by atoms with Crippen LogP contribution in [0.5, 0.6) is 0 Å². The molecule has 1 aromatic rings. The Labute approximate surface area is 132 Å². The maximum atomic E-state index is 11.9. The number of anilines is 1. The van der Waals surface area contributed by atoms with E-state index in [9.17, 15) is 9.59 Å². The number of carboxylic acid groups (broad SMARTS) is 1. The Hall–Kier alpha value is -1.40. The Kier molecular flexibility index (Phi) is 5.76. The molecule has 1 amide bonds. The average Bonchev–Trinajstić information content (AvgIpc) is 2.48. The molecule has 0 radical (unpaired) electrons. The number of amides is 1. The van der Waals surface area contributed by atoms with Gasteiger partial charge in [0.2, 0.25) is 5.91 Å². The van der Waals surface area contributed by atoms with Gasteiger partial charge in [0, 0.05) is 16.6 Å². The van der Waals surface area contributed by atoms with Gasteiger partial charge in [-0.3, -0.25) is 4.79 Å². The molecule has 0 aromatic heterocycles. The Morgan fingerprint density at radius 3 is 2.90 bits per heavy atom. The van der Waals surface area contributed by atoms with Gasteiger partial charge in [-0.2, -0.15) is 0 Å². The van der Waals surface area contributed by atoms with Crippen molar-refractivity contribution < 1.29 is 14.7 Å². The van der Waals surface area contributed by atoms with E-state index in [-0.39, 0.29) is 11.5 Å². The van der Waals surface area contributed by atoms with Crippen LogP contribution in [0.2, 0.25) is 0 Å². The molecule has 2 rings (SSSR count). The minimum atomic E-state index is -1.02. The molecular weight excluding hydrogens is 336 g/mol. The second-order valence-electron chi connectivity index (χ2n) is 5.30. The zero-order valence-corrected chi connectivity index (χ0v) is 13.3. The van der Waals surface area contributed by atoms with Crippen LogP contribution < -0.4 is 10.6 Å². The summed E-state index contributed by atoms with van der Waals surface area (Å²) < 4.78 is 0.501. The molecule has 0 bridgehead atoms. The van der Waals surface area contributed by atoms with Gasteiger partial charge >= 0.3 is 5.97 Å². The fourth-order valence-corrected chi connectivity index (χ4v) is 2.91. The first kappa shape index (κ1) is 16.0. The number of hydrogen-bond acceptors (Lipinski definition) is 3. The molecule has 0 saturated carbocycles. The third kappa shape index (κ3) is 4.82. The fourth-order valence-electron chi connectivity index (χ4n) is 2.50. The summed E-state index contributed by atoms with van der Waals surface area (Å²) in [5.41, 5.74) is 0.659. The van der Waals surface area contributed by atoms with Gasteiger partial charge in [0.05, 0.1) is 5.56 Å². The molecule has 1 saturated heterocycles. The lowest BCUT2D eigenvalue weighted by molar-refractivity contribution is -0.116. The molecule has 6 heteroatoms. The van der Waals surface area contributed by atoms with Crippen LogP contribution in [0.3, 0.4) is 0 Å². The normalized spacial score (nSPS) is 18.2. The summed E-state index contributed by atoms with van der Waals surface area (Å²) in [7, 11) is 0. The van der Waals surface area contributed by atoms with E-state index in [1.54, 1.807) is 12.1 Å². The fraction of sp³-hybridized carbons (Fsp3) is 0.467. The summed E-state index contributed by atoms with van der Waals surface area (Å²) in [6, 6.07) is 4.78. The number of nitrogens with one attached hydrogen (secondary N) is 2. The highest BCUT2D eigenvalue weighted by Crippen LogP contribution is 2.22. The number of aromatic carboxylic acids is 1. The van der Waals surface area contributed by atoms with Crippen LogP contribution in [0, 0.1) is 5.92 Å². The van der Waals surface area contributed by atoms with Crippen molar-refractivity contribution >= 4 is 33.5 Å².